The summed E-state index contributed by atoms with van der Waals surface area (Å²) in [5.41, 5.74) is 2.24. The highest BCUT2D eigenvalue weighted by atomic mass is 16.6. The molecule has 1 saturated heterocycles. The second-order valence-corrected chi connectivity index (χ2v) is 4.14. The van der Waals surface area contributed by atoms with Crippen LogP contribution in [0.3, 0.4) is 0 Å². The van der Waals surface area contributed by atoms with E-state index in [2.05, 4.69) is 10.4 Å². The zero-order valence-electron chi connectivity index (χ0n) is 9.74. The van der Waals surface area contributed by atoms with Gasteiger partial charge in [-0.3, -0.25) is 10.1 Å². The predicted molar refractivity (Wildman–Crippen MR) is 66.2 cm³/mol. The van der Waals surface area contributed by atoms with Crippen LogP contribution in [0.4, 0.5) is 17.3 Å². The highest BCUT2D eigenvalue weighted by Gasteiger charge is 2.26. The summed E-state index contributed by atoms with van der Waals surface area (Å²) in [6.07, 6.45) is 1.78. The van der Waals surface area contributed by atoms with Crippen LogP contribution in [-0.4, -0.2) is 34.2 Å². The predicted octanol–water partition coefficient (Wildman–Crippen LogP) is 0.236. The van der Waals surface area contributed by atoms with Crippen molar-refractivity contribution in [1.29, 1.82) is 0 Å². The third-order valence-electron chi connectivity index (χ3n) is 3.04. The van der Waals surface area contributed by atoms with E-state index in [1.54, 1.807) is 0 Å². The van der Waals surface area contributed by atoms with Gasteiger partial charge in [0, 0.05) is 6.54 Å². The molecule has 1 aliphatic rings. The summed E-state index contributed by atoms with van der Waals surface area (Å²) in [7, 11) is 0. The Hall–Kier alpha value is -1.93. The van der Waals surface area contributed by atoms with E-state index in [9.17, 15) is 15.2 Å². The molecule has 1 aromatic heterocycles. The van der Waals surface area contributed by atoms with Crippen molar-refractivity contribution in [2.75, 3.05) is 23.5 Å². The fraction of sp³-hybridized carbons (Fsp3) is 0.500. The molecular weight excluding hydrogens is 238 g/mol. The van der Waals surface area contributed by atoms with Gasteiger partial charge in [-0.1, -0.05) is 0 Å². The average molecular weight is 253 g/mol. The number of aliphatic hydroxyl groups is 1. The standard InChI is InChI=1S/C10H15N5O3/c11-13-9-4-8(15(17)18)5-10(12-9)14-3-1-2-7(14)6-16/h4-5,7,16H,1-3,6,11H2,(H,12,13). The molecule has 1 aliphatic heterocycles. The minimum Gasteiger partial charge on any atom is -0.394 e. The SMILES string of the molecule is NNc1cc([N+](=O)[O-])cc(N2CCCC2CO)n1. The largest absolute Gasteiger partial charge is 0.394 e. The Balaban J connectivity index is 2.37. The first-order chi connectivity index (χ1) is 8.65. The fourth-order valence-electron chi connectivity index (χ4n) is 2.16. The van der Waals surface area contributed by atoms with Crippen LogP contribution in [-0.2, 0) is 0 Å². The number of aliphatic hydroxyl groups excluding tert-OH is 1. The molecule has 8 heteroatoms. The van der Waals surface area contributed by atoms with E-state index in [-0.39, 0.29) is 24.2 Å². The summed E-state index contributed by atoms with van der Waals surface area (Å²) >= 11 is 0. The van der Waals surface area contributed by atoms with Gasteiger partial charge in [0.05, 0.1) is 29.7 Å². The number of nitrogens with two attached hydrogens (primary N) is 1. The number of rotatable bonds is 4. The minimum atomic E-state index is -0.490. The van der Waals surface area contributed by atoms with Gasteiger partial charge in [-0.05, 0) is 12.8 Å². The lowest BCUT2D eigenvalue weighted by molar-refractivity contribution is -0.384. The summed E-state index contributed by atoms with van der Waals surface area (Å²) in [4.78, 5) is 16.4. The average Bonchev–Trinajstić information content (AvgIpc) is 2.86. The van der Waals surface area contributed by atoms with Crippen LogP contribution >= 0.6 is 0 Å². The minimum absolute atomic E-state index is 0.00968. The van der Waals surface area contributed by atoms with E-state index in [1.807, 2.05) is 4.90 Å². The first kappa shape index (κ1) is 12.5. The van der Waals surface area contributed by atoms with Crippen LogP contribution in [0.5, 0.6) is 0 Å². The molecule has 1 aromatic rings. The number of aromatic nitrogens is 1. The molecule has 0 aromatic carbocycles. The monoisotopic (exact) mass is 253 g/mol. The van der Waals surface area contributed by atoms with Crippen LogP contribution in [0.15, 0.2) is 12.1 Å². The number of pyridine rings is 1. The van der Waals surface area contributed by atoms with Crippen LogP contribution in [0, 0.1) is 10.1 Å². The normalized spacial score (nSPS) is 19.0. The van der Waals surface area contributed by atoms with Gasteiger partial charge in [0.15, 0.2) is 0 Å². The van der Waals surface area contributed by atoms with Crippen LogP contribution in [0.2, 0.25) is 0 Å². The second kappa shape index (κ2) is 5.15. The maximum atomic E-state index is 10.8. The second-order valence-electron chi connectivity index (χ2n) is 4.14. The molecule has 0 radical (unpaired) electrons. The van der Waals surface area contributed by atoms with Crippen molar-refractivity contribution in [2.24, 2.45) is 5.84 Å². The molecule has 0 amide bonds. The van der Waals surface area contributed by atoms with Gasteiger partial charge in [-0.2, -0.15) is 0 Å². The Morgan fingerprint density at radius 3 is 3.06 bits per heavy atom. The summed E-state index contributed by atoms with van der Waals surface area (Å²) in [5.74, 6) is 5.96. The maximum Gasteiger partial charge on any atom is 0.276 e. The quantitative estimate of drug-likeness (QED) is 0.399. The van der Waals surface area contributed by atoms with Gasteiger partial charge >= 0.3 is 0 Å². The molecule has 1 unspecified atom stereocenters. The Labute approximate surface area is 104 Å². The van der Waals surface area contributed by atoms with Crippen LogP contribution in [0.25, 0.3) is 0 Å². The highest BCUT2D eigenvalue weighted by molar-refractivity contribution is 5.56. The van der Waals surface area contributed by atoms with Crippen molar-refractivity contribution in [2.45, 2.75) is 18.9 Å². The molecule has 0 bridgehead atoms. The number of nitro groups is 1. The zero-order valence-corrected chi connectivity index (χ0v) is 9.74. The van der Waals surface area contributed by atoms with E-state index >= 15 is 0 Å². The van der Waals surface area contributed by atoms with Crippen molar-refractivity contribution < 1.29 is 10.0 Å². The molecular formula is C10H15N5O3. The number of anilines is 2. The molecule has 2 rings (SSSR count). The molecule has 4 N–H and O–H groups in total. The van der Waals surface area contributed by atoms with Crippen molar-refractivity contribution in [3.05, 3.63) is 22.2 Å². The zero-order chi connectivity index (χ0) is 13.1. The number of hydrogen-bond acceptors (Lipinski definition) is 7. The van der Waals surface area contributed by atoms with E-state index < -0.39 is 4.92 Å². The van der Waals surface area contributed by atoms with Crippen LogP contribution in [0.1, 0.15) is 12.8 Å². The summed E-state index contributed by atoms with van der Waals surface area (Å²) < 4.78 is 0. The molecule has 0 aliphatic carbocycles. The lowest BCUT2D eigenvalue weighted by Crippen LogP contribution is -2.33. The fourth-order valence-corrected chi connectivity index (χ4v) is 2.16. The van der Waals surface area contributed by atoms with E-state index in [0.29, 0.717) is 5.82 Å². The number of nitrogens with one attached hydrogen (secondary N) is 1. The Morgan fingerprint density at radius 2 is 2.44 bits per heavy atom. The molecule has 18 heavy (non-hydrogen) atoms. The number of hydrazine groups is 1. The first-order valence-electron chi connectivity index (χ1n) is 5.66. The highest BCUT2D eigenvalue weighted by Crippen LogP contribution is 2.28. The van der Waals surface area contributed by atoms with Crippen molar-refractivity contribution in [3.8, 4) is 0 Å². The maximum absolute atomic E-state index is 10.8. The van der Waals surface area contributed by atoms with Crippen LogP contribution < -0.4 is 16.2 Å². The molecule has 2 heterocycles. The number of hydrogen-bond donors (Lipinski definition) is 3. The Bertz CT molecular complexity index is 453. The topological polar surface area (TPSA) is 118 Å². The summed E-state index contributed by atoms with van der Waals surface area (Å²) in [5, 5.41) is 20.1. The number of nitrogens with zero attached hydrogens (tertiary/aromatic N) is 3. The Kier molecular flexibility index (Phi) is 3.58. The molecule has 8 nitrogen and oxygen atoms in total. The summed E-state index contributed by atoms with van der Waals surface area (Å²) in [6, 6.07) is 2.63. The van der Waals surface area contributed by atoms with Crippen molar-refractivity contribution >= 4 is 17.3 Å². The smallest absolute Gasteiger partial charge is 0.276 e. The van der Waals surface area contributed by atoms with Crippen molar-refractivity contribution in [1.82, 2.24) is 4.98 Å². The van der Waals surface area contributed by atoms with E-state index in [1.165, 1.54) is 12.1 Å². The van der Waals surface area contributed by atoms with Gasteiger partial charge in [-0.15, -0.1) is 0 Å². The third kappa shape index (κ3) is 2.34. The van der Waals surface area contributed by atoms with Gasteiger partial charge in [-0.25, -0.2) is 10.8 Å². The third-order valence-corrected chi connectivity index (χ3v) is 3.04. The first-order valence-corrected chi connectivity index (χ1v) is 5.66. The molecule has 98 valence electrons. The Morgan fingerprint density at radius 1 is 1.67 bits per heavy atom. The molecule has 1 atom stereocenters. The van der Waals surface area contributed by atoms with Gasteiger partial charge in [0.1, 0.15) is 11.6 Å². The van der Waals surface area contributed by atoms with Gasteiger partial charge in [0.25, 0.3) is 5.69 Å². The van der Waals surface area contributed by atoms with Crippen molar-refractivity contribution in [3.63, 3.8) is 0 Å². The van der Waals surface area contributed by atoms with E-state index in [0.717, 1.165) is 19.4 Å². The van der Waals surface area contributed by atoms with E-state index in [4.69, 9.17) is 5.84 Å². The van der Waals surface area contributed by atoms with Gasteiger partial charge in [0.2, 0.25) is 0 Å². The molecule has 0 spiro atoms. The van der Waals surface area contributed by atoms with Gasteiger partial charge < -0.3 is 15.4 Å². The molecule has 1 fully saturated rings. The lowest BCUT2D eigenvalue weighted by Gasteiger charge is -2.24. The lowest BCUT2D eigenvalue weighted by atomic mass is 10.2. The number of nitrogen functional groups attached to an aromatic ring is 1. The molecule has 0 saturated carbocycles. The summed E-state index contributed by atoms with van der Waals surface area (Å²) in [6.45, 7) is 0.735.